The molecule has 0 aliphatic rings. The van der Waals surface area contributed by atoms with Gasteiger partial charge in [0, 0.05) is 32.9 Å². The molecule has 0 saturated carbocycles. The van der Waals surface area contributed by atoms with Gasteiger partial charge in [-0.1, -0.05) is 172 Å². The zero-order chi connectivity index (χ0) is 39.5. The van der Waals surface area contributed by atoms with Crippen LogP contribution in [0.1, 0.15) is 26.3 Å². The molecule has 59 heavy (non-hydrogen) atoms. The van der Waals surface area contributed by atoms with Crippen LogP contribution in [0.5, 0.6) is 0 Å². The summed E-state index contributed by atoms with van der Waals surface area (Å²) < 4.78 is 4.92. The molecule has 2 nitrogen and oxygen atoms in total. The molecule has 2 aromatic heterocycles. The standard InChI is InChI=1S/C56H42N2Si/c1-56(2,3)41-25-31-45(32-26-41)59(44-15-5-4-6-16-44,46-33-27-42(28-34-46)57-48-17-7-11-37-21-22-38-12-8-18-49(57)53(38)52(37)48)47-35-29-43(30-36-47)58-50-19-9-13-39-23-24-40-14-10-20-51(58)55(40)54(39)50/h4-36H,1-3H3. The first kappa shape index (κ1) is 34.1. The average molecular weight is 771 g/mol. The first-order valence-corrected chi connectivity index (χ1v) is 22.8. The first-order chi connectivity index (χ1) is 28.9. The quantitative estimate of drug-likeness (QED) is 0.0905. The number of hydrogen-bond acceptors (Lipinski definition) is 0. The molecule has 12 aromatic rings. The van der Waals surface area contributed by atoms with Gasteiger partial charge in [-0.25, -0.2) is 0 Å². The summed E-state index contributed by atoms with van der Waals surface area (Å²) in [6.07, 6.45) is 0. The van der Waals surface area contributed by atoms with Crippen LogP contribution in [0.25, 0.3) is 76.5 Å². The lowest BCUT2D eigenvalue weighted by molar-refractivity contribution is 0.590. The largest absolute Gasteiger partial charge is 0.309 e. The molecule has 0 amide bonds. The molecule has 0 aliphatic heterocycles. The lowest BCUT2D eigenvalue weighted by Crippen LogP contribution is -2.74. The van der Waals surface area contributed by atoms with Crippen LogP contribution < -0.4 is 20.7 Å². The Labute approximate surface area is 344 Å². The molecule has 0 unspecified atom stereocenters. The van der Waals surface area contributed by atoms with Gasteiger partial charge < -0.3 is 9.13 Å². The number of nitrogens with zero attached hydrogens (tertiary/aromatic N) is 2. The zero-order valence-corrected chi connectivity index (χ0v) is 34.4. The fourth-order valence-electron chi connectivity index (χ4n) is 10.4. The van der Waals surface area contributed by atoms with Gasteiger partial charge in [0.05, 0.1) is 22.1 Å². The summed E-state index contributed by atoms with van der Waals surface area (Å²) in [6, 6.07) is 76.0. The predicted octanol–water partition coefficient (Wildman–Crippen LogP) is 11.7. The normalized spacial score (nSPS) is 12.7. The minimum atomic E-state index is -2.87. The summed E-state index contributed by atoms with van der Waals surface area (Å²) in [5.74, 6) is 0. The molecular formula is C56H42N2Si. The van der Waals surface area contributed by atoms with Gasteiger partial charge in [-0.3, -0.25) is 0 Å². The summed E-state index contributed by atoms with van der Waals surface area (Å²) in [4.78, 5) is 0. The fourth-order valence-corrected chi connectivity index (χ4v) is 15.1. The van der Waals surface area contributed by atoms with Crippen LogP contribution in [-0.4, -0.2) is 17.2 Å². The Morgan fingerprint density at radius 1 is 0.305 bits per heavy atom. The summed E-state index contributed by atoms with van der Waals surface area (Å²) in [5.41, 5.74) is 8.74. The number of benzene rings is 10. The van der Waals surface area contributed by atoms with E-state index in [0.29, 0.717) is 0 Å². The van der Waals surface area contributed by atoms with E-state index in [4.69, 9.17) is 0 Å². The van der Waals surface area contributed by atoms with Gasteiger partial charge in [0.2, 0.25) is 0 Å². The number of hydrogen-bond donors (Lipinski definition) is 0. The van der Waals surface area contributed by atoms with E-state index >= 15 is 0 Å². The molecule has 0 spiro atoms. The average Bonchev–Trinajstić information content (AvgIpc) is 3.81. The van der Waals surface area contributed by atoms with Crippen molar-refractivity contribution in [3.63, 3.8) is 0 Å². The van der Waals surface area contributed by atoms with Crippen LogP contribution in [0.2, 0.25) is 0 Å². The maximum Gasteiger partial charge on any atom is 0.179 e. The van der Waals surface area contributed by atoms with Crippen LogP contribution in [0, 0.1) is 0 Å². The van der Waals surface area contributed by atoms with E-state index in [0.717, 1.165) is 0 Å². The zero-order valence-electron chi connectivity index (χ0n) is 33.4. The van der Waals surface area contributed by atoms with Crippen molar-refractivity contribution >= 4 is 94.0 Å². The van der Waals surface area contributed by atoms with Crippen molar-refractivity contribution < 1.29 is 0 Å². The second kappa shape index (κ2) is 12.5. The number of aromatic nitrogens is 2. The molecule has 0 fully saturated rings. The lowest BCUT2D eigenvalue weighted by Gasteiger charge is -2.35. The van der Waals surface area contributed by atoms with E-state index < -0.39 is 8.07 Å². The Morgan fingerprint density at radius 3 is 0.966 bits per heavy atom. The Morgan fingerprint density at radius 2 is 0.627 bits per heavy atom. The highest BCUT2D eigenvalue weighted by atomic mass is 28.3. The molecule has 2 heterocycles. The van der Waals surface area contributed by atoms with Gasteiger partial charge in [-0.05, 0) is 102 Å². The Bertz CT molecular complexity index is 3170. The minimum absolute atomic E-state index is 0.0524. The number of rotatable bonds is 6. The third-order valence-corrected chi connectivity index (χ3v) is 18.0. The van der Waals surface area contributed by atoms with E-state index in [1.807, 2.05) is 0 Å². The topological polar surface area (TPSA) is 9.86 Å². The summed E-state index contributed by atoms with van der Waals surface area (Å²) >= 11 is 0. The van der Waals surface area contributed by atoms with E-state index in [-0.39, 0.29) is 5.41 Å². The molecule has 0 saturated heterocycles. The first-order valence-electron chi connectivity index (χ1n) is 20.8. The molecule has 12 rings (SSSR count). The van der Waals surface area contributed by atoms with E-state index in [2.05, 4.69) is 230 Å². The van der Waals surface area contributed by atoms with Crippen molar-refractivity contribution in [3.05, 3.63) is 206 Å². The predicted molar refractivity (Wildman–Crippen MR) is 255 cm³/mol. The molecule has 0 aliphatic carbocycles. The fraction of sp³-hybridized carbons (Fsp3) is 0.0714. The van der Waals surface area contributed by atoms with E-state index in [9.17, 15) is 0 Å². The van der Waals surface area contributed by atoms with Crippen molar-refractivity contribution in [1.82, 2.24) is 9.13 Å². The van der Waals surface area contributed by atoms with Crippen LogP contribution in [-0.2, 0) is 5.41 Å². The molecule has 280 valence electrons. The molecule has 10 aromatic carbocycles. The third-order valence-electron chi connectivity index (χ3n) is 13.2. The molecular weight excluding hydrogens is 729 g/mol. The molecule has 3 heteroatoms. The van der Waals surface area contributed by atoms with Gasteiger partial charge in [-0.15, -0.1) is 0 Å². The van der Waals surface area contributed by atoms with E-state index in [1.165, 1.54) is 103 Å². The van der Waals surface area contributed by atoms with Gasteiger partial charge in [0.1, 0.15) is 0 Å². The van der Waals surface area contributed by atoms with Crippen molar-refractivity contribution in [1.29, 1.82) is 0 Å². The van der Waals surface area contributed by atoms with Gasteiger partial charge in [0.25, 0.3) is 0 Å². The molecule has 0 N–H and O–H groups in total. The monoisotopic (exact) mass is 770 g/mol. The summed E-state index contributed by atoms with van der Waals surface area (Å²) in [5, 5.41) is 16.0. The molecule has 0 bridgehead atoms. The Balaban J connectivity index is 1.09. The van der Waals surface area contributed by atoms with Crippen LogP contribution in [0.15, 0.2) is 200 Å². The third kappa shape index (κ3) is 4.86. The van der Waals surface area contributed by atoms with Gasteiger partial charge in [-0.2, -0.15) is 0 Å². The second-order valence-electron chi connectivity index (χ2n) is 17.3. The lowest BCUT2D eigenvalue weighted by atomic mass is 9.87. The molecule has 0 atom stereocenters. The van der Waals surface area contributed by atoms with Gasteiger partial charge in [0.15, 0.2) is 8.07 Å². The van der Waals surface area contributed by atoms with Crippen LogP contribution in [0.3, 0.4) is 0 Å². The Kier molecular flexibility index (Phi) is 7.25. The minimum Gasteiger partial charge on any atom is -0.309 e. The van der Waals surface area contributed by atoms with Crippen LogP contribution >= 0.6 is 0 Å². The van der Waals surface area contributed by atoms with Crippen molar-refractivity contribution in [2.75, 3.05) is 0 Å². The van der Waals surface area contributed by atoms with Crippen molar-refractivity contribution in [3.8, 4) is 11.4 Å². The second-order valence-corrected chi connectivity index (χ2v) is 21.1. The summed E-state index contributed by atoms with van der Waals surface area (Å²) in [6.45, 7) is 6.91. The highest BCUT2D eigenvalue weighted by molar-refractivity contribution is 7.19. The SMILES string of the molecule is CC(C)(C)c1ccc([Si](c2ccccc2)(c2ccc(-n3c4cccc5ccc6cccc3c6c54)cc2)c2ccc(-n3c4cccc5ccc6cccc3c6c54)cc2)cc1. The Hall–Kier alpha value is -6.94. The smallest absolute Gasteiger partial charge is 0.179 e. The highest BCUT2D eigenvalue weighted by Gasteiger charge is 2.42. The maximum absolute atomic E-state index is 2.87. The highest BCUT2D eigenvalue weighted by Crippen LogP contribution is 2.40. The van der Waals surface area contributed by atoms with E-state index in [1.54, 1.807) is 0 Å². The molecule has 0 radical (unpaired) electrons. The van der Waals surface area contributed by atoms with Crippen LogP contribution in [0.4, 0.5) is 0 Å². The van der Waals surface area contributed by atoms with Crippen molar-refractivity contribution in [2.45, 2.75) is 26.2 Å². The van der Waals surface area contributed by atoms with Crippen molar-refractivity contribution in [2.24, 2.45) is 0 Å². The van der Waals surface area contributed by atoms with Gasteiger partial charge >= 0.3 is 0 Å². The maximum atomic E-state index is 2.46. The summed E-state index contributed by atoms with van der Waals surface area (Å²) in [7, 11) is -2.87.